The highest BCUT2D eigenvalue weighted by molar-refractivity contribution is 6.32. The van der Waals surface area contributed by atoms with E-state index in [0.717, 1.165) is 35.9 Å². The molecule has 1 spiro atoms. The lowest BCUT2D eigenvalue weighted by Gasteiger charge is -2.41. The first-order valence-corrected chi connectivity index (χ1v) is 13.2. The van der Waals surface area contributed by atoms with E-state index in [9.17, 15) is 42.6 Å². The lowest BCUT2D eigenvalue weighted by atomic mass is 9.90. The molecule has 2 saturated heterocycles. The Hall–Kier alpha value is -3.26. The fourth-order valence-corrected chi connectivity index (χ4v) is 5.50. The molecule has 15 heteroatoms. The van der Waals surface area contributed by atoms with Crippen molar-refractivity contribution in [2.75, 3.05) is 31.5 Å². The fraction of sp³-hybridized carbons (Fsp3) is 0.600. The van der Waals surface area contributed by atoms with Gasteiger partial charge >= 0.3 is 18.4 Å². The summed E-state index contributed by atoms with van der Waals surface area (Å²) in [6.07, 6.45) is -3.18. The number of nitrogens with one attached hydrogen (secondary N) is 1. The number of carboxylic acid groups (broad SMARTS) is 1. The van der Waals surface area contributed by atoms with Crippen LogP contribution in [0.5, 0.6) is 5.75 Å². The van der Waals surface area contributed by atoms with Crippen LogP contribution >= 0.6 is 11.6 Å². The molecular weight excluding hydrogens is 561 g/mol. The Morgan fingerprint density at radius 2 is 1.90 bits per heavy atom. The number of aliphatic hydroxyl groups excluding tert-OH is 1. The van der Waals surface area contributed by atoms with Gasteiger partial charge in [-0.2, -0.15) is 0 Å². The van der Waals surface area contributed by atoms with Crippen molar-refractivity contribution in [2.24, 2.45) is 5.41 Å². The Balaban J connectivity index is 1.33. The fourth-order valence-electron chi connectivity index (χ4n) is 5.28. The Kier molecular flexibility index (Phi) is 8.41. The van der Waals surface area contributed by atoms with Crippen LogP contribution in [0.2, 0.25) is 5.02 Å². The van der Waals surface area contributed by atoms with Gasteiger partial charge in [-0.15, -0.1) is 13.2 Å². The molecule has 1 aliphatic carbocycles. The molecule has 1 saturated carbocycles. The first-order chi connectivity index (χ1) is 18.7. The van der Waals surface area contributed by atoms with Crippen molar-refractivity contribution in [2.45, 2.75) is 63.6 Å². The van der Waals surface area contributed by atoms with Crippen LogP contribution in [0.15, 0.2) is 18.2 Å². The Morgan fingerprint density at radius 3 is 2.48 bits per heavy atom. The molecule has 1 aromatic carbocycles. The summed E-state index contributed by atoms with van der Waals surface area (Å²) in [6.45, 7) is 2.00. The summed E-state index contributed by atoms with van der Waals surface area (Å²) in [5.41, 5.74) is -0.0180. The molecule has 2 heterocycles. The van der Waals surface area contributed by atoms with Crippen molar-refractivity contribution in [1.82, 2.24) is 14.7 Å². The highest BCUT2D eigenvalue weighted by Gasteiger charge is 2.52. The van der Waals surface area contributed by atoms with Crippen molar-refractivity contribution in [3.8, 4) is 5.75 Å². The van der Waals surface area contributed by atoms with E-state index in [4.69, 9.17) is 11.6 Å². The van der Waals surface area contributed by atoms with E-state index in [1.807, 2.05) is 0 Å². The number of alkyl halides is 3. The summed E-state index contributed by atoms with van der Waals surface area (Å²) in [7, 11) is 0. The number of anilines is 1. The lowest BCUT2D eigenvalue weighted by molar-refractivity contribution is -0.274. The van der Waals surface area contributed by atoms with Gasteiger partial charge in [0.25, 0.3) is 0 Å². The molecule has 3 N–H and O–H groups in total. The van der Waals surface area contributed by atoms with Crippen LogP contribution in [-0.4, -0.2) is 99.5 Å². The minimum absolute atomic E-state index is 0.0279. The van der Waals surface area contributed by atoms with Gasteiger partial charge in [0.1, 0.15) is 17.8 Å². The SMILES string of the molecule is C[C@H]1C(=O)N([C@@H](CCC(=O)N2CCC3(CC3)[C@H](O)C2)C(=O)O)CCN1C(=O)Nc1ccc(OC(F)(F)F)c(Cl)c1. The zero-order valence-electron chi connectivity index (χ0n) is 21.6. The molecule has 3 atom stereocenters. The number of carbonyl (C=O) groups is 4. The van der Waals surface area contributed by atoms with Crippen molar-refractivity contribution in [1.29, 1.82) is 0 Å². The molecule has 3 fully saturated rings. The number of aliphatic carboxylic acids is 1. The second-order valence-corrected chi connectivity index (χ2v) is 10.8. The van der Waals surface area contributed by atoms with Gasteiger partial charge in [0.2, 0.25) is 11.8 Å². The molecule has 0 unspecified atom stereocenters. The minimum Gasteiger partial charge on any atom is -0.480 e. The first-order valence-electron chi connectivity index (χ1n) is 12.8. The van der Waals surface area contributed by atoms with Crippen molar-refractivity contribution in [3.63, 3.8) is 0 Å². The molecule has 1 aromatic rings. The van der Waals surface area contributed by atoms with Crippen LogP contribution in [0.3, 0.4) is 0 Å². The Bertz CT molecular complexity index is 1180. The van der Waals surface area contributed by atoms with E-state index >= 15 is 0 Å². The lowest BCUT2D eigenvalue weighted by Crippen LogP contribution is -2.62. The summed E-state index contributed by atoms with van der Waals surface area (Å²) in [5, 5.41) is 22.2. The van der Waals surface area contributed by atoms with Gasteiger partial charge in [0.15, 0.2) is 0 Å². The second-order valence-electron chi connectivity index (χ2n) is 10.4. The first kappa shape index (κ1) is 29.7. The third-order valence-corrected chi connectivity index (χ3v) is 8.17. The average Bonchev–Trinajstić information content (AvgIpc) is 3.64. The zero-order chi connectivity index (χ0) is 29.4. The Morgan fingerprint density at radius 1 is 1.20 bits per heavy atom. The second kappa shape index (κ2) is 11.3. The van der Waals surface area contributed by atoms with Crippen LogP contribution in [0.1, 0.15) is 39.0 Å². The number of piperazine rings is 1. The highest BCUT2D eigenvalue weighted by atomic mass is 35.5. The number of likely N-dealkylation sites (tertiary alicyclic amines) is 1. The number of nitrogens with zero attached hydrogens (tertiary/aromatic N) is 3. The van der Waals surface area contributed by atoms with Gasteiger partial charge < -0.3 is 35.0 Å². The van der Waals surface area contributed by atoms with Gasteiger partial charge in [-0.05, 0) is 56.2 Å². The number of halogens is 4. The largest absolute Gasteiger partial charge is 0.573 e. The number of hydrogen-bond donors (Lipinski definition) is 3. The smallest absolute Gasteiger partial charge is 0.480 e. The maximum atomic E-state index is 13.1. The number of rotatable bonds is 7. The van der Waals surface area contributed by atoms with E-state index < -0.39 is 53.2 Å². The molecule has 40 heavy (non-hydrogen) atoms. The predicted octanol–water partition coefficient (Wildman–Crippen LogP) is 2.91. The Labute approximate surface area is 232 Å². The molecular formula is C25H30ClF3N4O7. The number of urea groups is 1. The highest BCUT2D eigenvalue weighted by Crippen LogP contribution is 2.53. The van der Waals surface area contributed by atoms with Gasteiger partial charge in [-0.3, -0.25) is 9.59 Å². The number of β-amino-alcohol motifs (C(OH)–C–C–N with tert-alkyl or cyclic N) is 1. The van der Waals surface area contributed by atoms with Crippen molar-refractivity contribution >= 4 is 41.1 Å². The van der Waals surface area contributed by atoms with Gasteiger partial charge in [0.05, 0.1) is 11.1 Å². The topological polar surface area (TPSA) is 140 Å². The van der Waals surface area contributed by atoms with Gasteiger partial charge in [-0.1, -0.05) is 11.6 Å². The van der Waals surface area contributed by atoms with Crippen molar-refractivity contribution in [3.05, 3.63) is 23.2 Å². The number of piperidine rings is 1. The van der Waals surface area contributed by atoms with E-state index in [-0.39, 0.29) is 49.5 Å². The van der Waals surface area contributed by atoms with E-state index in [1.54, 1.807) is 0 Å². The molecule has 4 amide bonds. The zero-order valence-corrected chi connectivity index (χ0v) is 22.4. The average molecular weight is 591 g/mol. The van der Waals surface area contributed by atoms with Crippen LogP contribution in [-0.2, 0) is 14.4 Å². The van der Waals surface area contributed by atoms with E-state index in [2.05, 4.69) is 10.1 Å². The maximum absolute atomic E-state index is 13.1. The van der Waals surface area contributed by atoms with Crippen molar-refractivity contribution < 1.29 is 47.3 Å². The summed E-state index contributed by atoms with van der Waals surface area (Å²) in [5.74, 6) is -2.84. The van der Waals surface area contributed by atoms with E-state index in [0.29, 0.717) is 13.0 Å². The normalized spacial score (nSPS) is 23.1. The number of carboxylic acids is 1. The van der Waals surface area contributed by atoms with Crippen LogP contribution in [0, 0.1) is 5.41 Å². The third-order valence-electron chi connectivity index (χ3n) is 7.88. The number of ether oxygens (including phenoxy) is 1. The van der Waals surface area contributed by atoms with E-state index in [1.165, 1.54) is 16.7 Å². The number of amides is 4. The quantitative estimate of drug-likeness (QED) is 0.444. The maximum Gasteiger partial charge on any atom is 0.573 e. The summed E-state index contributed by atoms with van der Waals surface area (Å²) in [4.78, 5) is 54.6. The van der Waals surface area contributed by atoms with Crippen LogP contribution in [0.25, 0.3) is 0 Å². The predicted molar refractivity (Wildman–Crippen MR) is 135 cm³/mol. The molecule has 0 aromatic heterocycles. The van der Waals surface area contributed by atoms with Gasteiger partial charge in [-0.25, -0.2) is 9.59 Å². The van der Waals surface area contributed by atoms with Crippen LogP contribution < -0.4 is 10.1 Å². The molecule has 4 rings (SSSR count). The standard InChI is InChI=1S/C25H30ClF3N4O7/c1-14-21(36)33(17(22(37)38)3-5-20(35)31-9-8-24(6-7-24)19(34)13-31)11-10-32(14)23(39)30-15-2-4-18(16(26)12-15)40-25(27,28)29/h2,4,12,14,17,19,34H,3,5-11,13H2,1H3,(H,30,39)(H,37,38)/t14-,17-,19+/m0/s1. The number of aliphatic hydroxyl groups is 1. The summed E-state index contributed by atoms with van der Waals surface area (Å²) in [6, 6.07) is 0.0738. The third kappa shape index (κ3) is 6.54. The number of benzene rings is 1. The summed E-state index contributed by atoms with van der Waals surface area (Å²) >= 11 is 5.82. The minimum atomic E-state index is -4.94. The number of hydrogen-bond acceptors (Lipinski definition) is 6. The molecule has 0 radical (unpaired) electrons. The molecule has 11 nitrogen and oxygen atoms in total. The van der Waals surface area contributed by atoms with Crippen LogP contribution in [0.4, 0.5) is 23.7 Å². The molecule has 220 valence electrons. The van der Waals surface area contributed by atoms with Gasteiger partial charge in [0, 0.05) is 38.3 Å². The molecule has 3 aliphatic rings. The molecule has 2 aliphatic heterocycles. The molecule has 0 bridgehead atoms. The number of carbonyl (C=O) groups excluding carboxylic acids is 3. The monoisotopic (exact) mass is 590 g/mol. The summed E-state index contributed by atoms with van der Waals surface area (Å²) < 4.78 is 41.1.